The summed E-state index contributed by atoms with van der Waals surface area (Å²) >= 11 is 3.55. The first-order valence-corrected chi connectivity index (χ1v) is 8.09. The van der Waals surface area contributed by atoms with Crippen LogP contribution in [0.4, 0.5) is 4.79 Å². The topological polar surface area (TPSA) is 41.6 Å². The van der Waals surface area contributed by atoms with Gasteiger partial charge < -0.3 is 15.0 Å². The maximum absolute atomic E-state index is 12.0. The molecule has 1 atom stereocenters. The normalized spacial score (nSPS) is 18.9. The first-order valence-electron chi connectivity index (χ1n) is 7.30. The number of rotatable bonds is 3. The van der Waals surface area contributed by atoms with Crippen LogP contribution in [-0.2, 0) is 11.3 Å². The van der Waals surface area contributed by atoms with E-state index in [0.29, 0.717) is 12.6 Å². The molecule has 21 heavy (non-hydrogen) atoms. The number of ether oxygens (including phenoxy) is 1. The van der Waals surface area contributed by atoms with E-state index in [1.54, 1.807) is 4.90 Å². The predicted molar refractivity (Wildman–Crippen MR) is 87.2 cm³/mol. The van der Waals surface area contributed by atoms with Crippen LogP contribution in [0.5, 0.6) is 0 Å². The highest BCUT2D eigenvalue weighted by molar-refractivity contribution is 9.10. The number of benzene rings is 1. The molecule has 1 fully saturated rings. The van der Waals surface area contributed by atoms with E-state index in [1.165, 1.54) is 5.56 Å². The number of nitrogens with one attached hydrogen (secondary N) is 1. The molecule has 1 amide bonds. The lowest BCUT2D eigenvalue weighted by Gasteiger charge is -2.24. The molecule has 0 unspecified atom stereocenters. The lowest BCUT2D eigenvalue weighted by Crippen LogP contribution is -2.38. The first kappa shape index (κ1) is 16.3. The Balaban J connectivity index is 1.80. The number of amides is 1. The summed E-state index contributed by atoms with van der Waals surface area (Å²) in [5, 5.41) is 3.51. The lowest BCUT2D eigenvalue weighted by atomic mass is 10.2. The van der Waals surface area contributed by atoms with Crippen molar-refractivity contribution in [3.05, 3.63) is 34.3 Å². The second-order valence-electron chi connectivity index (χ2n) is 6.38. The highest BCUT2D eigenvalue weighted by Crippen LogP contribution is 2.18. The minimum atomic E-state index is -0.433. The summed E-state index contributed by atoms with van der Waals surface area (Å²) in [6, 6.07) is 8.50. The fourth-order valence-corrected chi connectivity index (χ4v) is 2.74. The van der Waals surface area contributed by atoms with Crippen LogP contribution in [0.2, 0.25) is 0 Å². The van der Waals surface area contributed by atoms with Crippen LogP contribution >= 0.6 is 15.9 Å². The highest BCUT2D eigenvalue weighted by atomic mass is 79.9. The van der Waals surface area contributed by atoms with E-state index >= 15 is 0 Å². The summed E-state index contributed by atoms with van der Waals surface area (Å²) in [6.07, 6.45) is 0.747. The summed E-state index contributed by atoms with van der Waals surface area (Å²) < 4.78 is 6.51. The Morgan fingerprint density at radius 1 is 1.43 bits per heavy atom. The van der Waals surface area contributed by atoms with Gasteiger partial charge in [-0.05, 0) is 38.8 Å². The molecule has 0 bridgehead atoms. The standard InChI is InChI=1S/C16H23BrN2O2/c1-16(2,3)21-15(20)19-9-8-13(11-19)18-10-12-6-4-5-7-14(12)17/h4-7,13,18H,8-11H2,1-3H3/t13-/m0/s1. The Morgan fingerprint density at radius 3 is 2.81 bits per heavy atom. The monoisotopic (exact) mass is 354 g/mol. The second-order valence-corrected chi connectivity index (χ2v) is 7.24. The number of nitrogens with zero attached hydrogens (tertiary/aromatic N) is 1. The molecule has 4 nitrogen and oxygen atoms in total. The van der Waals surface area contributed by atoms with Crippen molar-refractivity contribution in [3.8, 4) is 0 Å². The van der Waals surface area contributed by atoms with E-state index < -0.39 is 5.60 Å². The fourth-order valence-electron chi connectivity index (χ4n) is 2.32. The SMILES string of the molecule is CC(C)(C)OC(=O)N1CC[C@H](NCc2ccccc2Br)C1. The molecule has 2 rings (SSSR count). The van der Waals surface area contributed by atoms with E-state index in [-0.39, 0.29) is 6.09 Å². The zero-order chi connectivity index (χ0) is 15.5. The van der Waals surface area contributed by atoms with Crippen LogP contribution in [0, 0.1) is 0 Å². The number of likely N-dealkylation sites (tertiary alicyclic amines) is 1. The fraction of sp³-hybridized carbons (Fsp3) is 0.562. The third-order valence-electron chi connectivity index (χ3n) is 3.38. The molecule has 0 aromatic heterocycles. The maximum Gasteiger partial charge on any atom is 0.410 e. The molecule has 0 radical (unpaired) electrons. The van der Waals surface area contributed by atoms with Gasteiger partial charge in [-0.1, -0.05) is 34.1 Å². The third kappa shape index (κ3) is 5.00. The molecule has 1 saturated heterocycles. The molecule has 0 saturated carbocycles. The number of halogens is 1. The zero-order valence-corrected chi connectivity index (χ0v) is 14.4. The van der Waals surface area contributed by atoms with Gasteiger partial charge in [0.05, 0.1) is 0 Å². The molecular weight excluding hydrogens is 332 g/mol. The van der Waals surface area contributed by atoms with Gasteiger partial charge >= 0.3 is 6.09 Å². The average molecular weight is 355 g/mol. The van der Waals surface area contributed by atoms with Crippen molar-refractivity contribution in [3.63, 3.8) is 0 Å². The van der Waals surface area contributed by atoms with E-state index in [2.05, 4.69) is 27.3 Å². The molecule has 1 aromatic rings. The molecule has 0 aliphatic carbocycles. The molecule has 1 aliphatic heterocycles. The number of hydrogen-bond acceptors (Lipinski definition) is 3. The molecule has 1 heterocycles. The largest absolute Gasteiger partial charge is 0.444 e. The molecule has 116 valence electrons. The Kier molecular flexibility index (Phi) is 5.27. The van der Waals surface area contributed by atoms with E-state index in [1.807, 2.05) is 39.0 Å². The van der Waals surface area contributed by atoms with Gasteiger partial charge in [0.25, 0.3) is 0 Å². The predicted octanol–water partition coefficient (Wildman–Crippen LogP) is 3.55. The smallest absolute Gasteiger partial charge is 0.410 e. The van der Waals surface area contributed by atoms with E-state index in [4.69, 9.17) is 4.74 Å². The van der Waals surface area contributed by atoms with E-state index in [9.17, 15) is 4.79 Å². The average Bonchev–Trinajstić information content (AvgIpc) is 2.85. The van der Waals surface area contributed by atoms with Crippen LogP contribution in [-0.4, -0.2) is 35.7 Å². The Morgan fingerprint density at radius 2 is 2.14 bits per heavy atom. The summed E-state index contributed by atoms with van der Waals surface area (Å²) in [4.78, 5) is 13.8. The first-order chi connectivity index (χ1) is 9.85. The third-order valence-corrected chi connectivity index (χ3v) is 4.15. The van der Waals surface area contributed by atoms with Gasteiger partial charge in [0.1, 0.15) is 5.60 Å². The number of carbonyl (C=O) groups excluding carboxylic acids is 1. The van der Waals surface area contributed by atoms with Crippen molar-refractivity contribution in [1.29, 1.82) is 0 Å². The Bertz CT molecular complexity index is 499. The van der Waals surface area contributed by atoms with Crippen molar-refractivity contribution in [2.24, 2.45) is 0 Å². The van der Waals surface area contributed by atoms with Crippen LogP contribution < -0.4 is 5.32 Å². The number of hydrogen-bond donors (Lipinski definition) is 1. The van der Waals surface area contributed by atoms with Gasteiger partial charge in [0.2, 0.25) is 0 Å². The zero-order valence-electron chi connectivity index (χ0n) is 12.9. The quantitative estimate of drug-likeness (QED) is 0.902. The van der Waals surface area contributed by atoms with Crippen LogP contribution in [0.1, 0.15) is 32.8 Å². The maximum atomic E-state index is 12.0. The van der Waals surface area contributed by atoms with Crippen LogP contribution in [0.3, 0.4) is 0 Å². The van der Waals surface area contributed by atoms with Gasteiger partial charge in [0.15, 0.2) is 0 Å². The molecular formula is C16H23BrN2O2. The summed E-state index contributed by atoms with van der Waals surface area (Å²) in [5.74, 6) is 0. The molecule has 0 spiro atoms. The number of carbonyl (C=O) groups is 1. The van der Waals surface area contributed by atoms with Crippen LogP contribution in [0.25, 0.3) is 0 Å². The van der Waals surface area contributed by atoms with Gasteiger partial charge in [0, 0.05) is 30.1 Å². The van der Waals surface area contributed by atoms with Gasteiger partial charge in [-0.25, -0.2) is 4.79 Å². The van der Waals surface area contributed by atoms with Crippen LogP contribution in [0.15, 0.2) is 28.7 Å². The summed E-state index contributed by atoms with van der Waals surface area (Å²) in [6.45, 7) is 7.94. The minimum absolute atomic E-state index is 0.215. The molecule has 1 aliphatic rings. The Hall–Kier alpha value is -1.07. The molecule has 1 N–H and O–H groups in total. The van der Waals surface area contributed by atoms with Crippen molar-refractivity contribution >= 4 is 22.0 Å². The lowest BCUT2D eigenvalue weighted by molar-refractivity contribution is 0.0291. The van der Waals surface area contributed by atoms with E-state index in [0.717, 1.165) is 24.0 Å². The van der Waals surface area contributed by atoms with Crippen molar-refractivity contribution < 1.29 is 9.53 Å². The van der Waals surface area contributed by atoms with Crippen molar-refractivity contribution in [2.45, 2.75) is 45.4 Å². The molecule has 1 aromatic carbocycles. The second kappa shape index (κ2) is 6.79. The van der Waals surface area contributed by atoms with Gasteiger partial charge in [-0.15, -0.1) is 0 Å². The molecule has 5 heteroatoms. The minimum Gasteiger partial charge on any atom is -0.444 e. The Labute approximate surface area is 135 Å². The van der Waals surface area contributed by atoms with Crippen molar-refractivity contribution in [2.75, 3.05) is 13.1 Å². The summed E-state index contributed by atoms with van der Waals surface area (Å²) in [7, 11) is 0. The van der Waals surface area contributed by atoms with Gasteiger partial charge in [-0.2, -0.15) is 0 Å². The van der Waals surface area contributed by atoms with Crippen molar-refractivity contribution in [1.82, 2.24) is 10.2 Å². The highest BCUT2D eigenvalue weighted by Gasteiger charge is 2.29. The van der Waals surface area contributed by atoms with Gasteiger partial charge in [-0.3, -0.25) is 0 Å². The summed E-state index contributed by atoms with van der Waals surface area (Å²) in [5.41, 5.74) is 0.797.